The predicted molar refractivity (Wildman–Crippen MR) is 117 cm³/mol. The number of aromatic nitrogens is 1. The molecule has 0 aliphatic heterocycles. The molecule has 0 aliphatic rings. The van der Waals surface area contributed by atoms with Crippen LogP contribution in [-0.2, 0) is 0 Å². The van der Waals surface area contributed by atoms with Gasteiger partial charge in [-0.1, -0.05) is 13.8 Å². The summed E-state index contributed by atoms with van der Waals surface area (Å²) in [5.74, 6) is 0.371. The number of aliphatic imine (C=N–C) groups is 2. The van der Waals surface area contributed by atoms with Crippen LogP contribution in [0, 0.1) is 197 Å². The minimum atomic E-state index is 0. The quantitative estimate of drug-likeness (QED) is 0.224. The molecule has 0 N–H and O–H groups in total. The fourth-order valence-corrected chi connectivity index (χ4v) is 2.52. The van der Waals surface area contributed by atoms with Gasteiger partial charge in [0.25, 0.3) is 0 Å². The van der Waals surface area contributed by atoms with Crippen molar-refractivity contribution in [3.8, 4) is 0 Å². The largest absolute Gasteiger partial charge is 0.358 e. The van der Waals surface area contributed by atoms with Crippen molar-refractivity contribution < 1.29 is 165 Å². The van der Waals surface area contributed by atoms with E-state index < -0.39 is 0 Å². The summed E-state index contributed by atoms with van der Waals surface area (Å²) in [5.41, 5.74) is 5.85. The number of nitrogens with zero attached hydrogens (tertiary/aromatic N) is 3. The van der Waals surface area contributed by atoms with Gasteiger partial charge in [0.1, 0.15) is 0 Å². The smallest absolute Gasteiger partial charge is 0.0850 e. The normalized spacial score (nSPS) is 10.5. The summed E-state index contributed by atoms with van der Waals surface area (Å²) < 4.78 is 0. The molecular formula is C25H24N3Pr4-5. The molecule has 0 unspecified atom stereocenters. The van der Waals surface area contributed by atoms with E-state index in [2.05, 4.69) is 60.2 Å². The molecule has 0 amide bonds. The van der Waals surface area contributed by atoms with Crippen LogP contribution in [0.1, 0.15) is 50.6 Å². The van der Waals surface area contributed by atoms with Crippen molar-refractivity contribution >= 4 is 22.8 Å². The first-order valence-corrected chi connectivity index (χ1v) is 8.93. The fourth-order valence-electron chi connectivity index (χ4n) is 2.52. The zero-order chi connectivity index (χ0) is 19.2. The zero-order valence-corrected chi connectivity index (χ0v) is 34.2. The Balaban J connectivity index is -0.00000168. The Bertz CT molecular complexity index is 899. The summed E-state index contributed by atoms with van der Waals surface area (Å²) in [6, 6.07) is 27.5. The van der Waals surface area contributed by atoms with E-state index >= 15 is 0 Å². The molecule has 2 aromatic carbocycles. The third-order valence-corrected chi connectivity index (χ3v) is 4.08. The molecule has 4 radical (unpaired) electrons. The summed E-state index contributed by atoms with van der Waals surface area (Å²) in [6.45, 7) is 8.24. The van der Waals surface area contributed by atoms with Gasteiger partial charge in [-0.15, -0.1) is 0 Å². The van der Waals surface area contributed by atoms with Crippen molar-refractivity contribution in [1.82, 2.24) is 4.98 Å². The molecular weight excluding hydrogens is 906 g/mol. The maximum atomic E-state index is 4.79. The standard InChI is InChI=1S/C24H21N3.CH3.4Pr/c1-17(2)20-15-23(18(3)25-21-11-7-5-8-12-21)27-24(16-20)19(4)26-22-13-9-6-10-14-22;;;;;/h5-10,15-17H,1-4H3;1H3;;;;/q-4;-1;;;;. The fraction of sp³-hybridized carbons (Fsp3) is 0.200. The van der Waals surface area contributed by atoms with E-state index in [9.17, 15) is 0 Å². The minimum absolute atomic E-state index is 0. The first-order chi connectivity index (χ1) is 13.0. The molecule has 3 aromatic rings. The molecule has 1 heterocycles. The predicted octanol–water partition coefficient (Wildman–Crippen LogP) is 6.14. The van der Waals surface area contributed by atoms with Crippen LogP contribution in [0.4, 0.5) is 11.4 Å². The zero-order valence-electron chi connectivity index (χ0n) is 19.3. The second-order valence-corrected chi connectivity index (χ2v) is 6.55. The van der Waals surface area contributed by atoms with Crippen LogP contribution >= 0.6 is 0 Å². The Labute approximate surface area is 326 Å². The Morgan fingerprint density at radius 2 is 1.06 bits per heavy atom. The molecule has 0 saturated heterocycles. The van der Waals surface area contributed by atoms with Crippen molar-refractivity contribution in [2.75, 3.05) is 0 Å². The summed E-state index contributed by atoms with van der Waals surface area (Å²) >= 11 is 0. The van der Waals surface area contributed by atoms with Crippen molar-refractivity contribution in [3.63, 3.8) is 0 Å². The number of rotatable bonds is 5. The van der Waals surface area contributed by atoms with E-state index in [4.69, 9.17) is 4.98 Å². The molecule has 32 heavy (non-hydrogen) atoms. The van der Waals surface area contributed by atoms with E-state index in [0.29, 0.717) is 17.3 Å². The third-order valence-electron chi connectivity index (χ3n) is 4.08. The van der Waals surface area contributed by atoms with Gasteiger partial charge in [0.05, 0.1) is 22.8 Å². The number of benzene rings is 2. The van der Waals surface area contributed by atoms with Gasteiger partial charge in [-0.2, -0.15) is 11.4 Å². The van der Waals surface area contributed by atoms with Gasteiger partial charge in [0, 0.05) is 165 Å². The Kier molecular flexibility index (Phi) is 24.9. The van der Waals surface area contributed by atoms with Crippen molar-refractivity contribution in [2.45, 2.75) is 33.6 Å². The second kappa shape index (κ2) is 20.4. The molecule has 0 fully saturated rings. The van der Waals surface area contributed by atoms with Gasteiger partial charge in [0.2, 0.25) is 0 Å². The number of pyridine rings is 1. The van der Waals surface area contributed by atoms with Crippen LogP contribution in [0.25, 0.3) is 0 Å². The van der Waals surface area contributed by atoms with Gasteiger partial charge in [0.15, 0.2) is 0 Å². The van der Waals surface area contributed by atoms with Crippen molar-refractivity contribution in [1.29, 1.82) is 0 Å². The van der Waals surface area contributed by atoms with Crippen molar-refractivity contribution in [3.05, 3.63) is 97.2 Å². The topological polar surface area (TPSA) is 37.6 Å². The van der Waals surface area contributed by atoms with Crippen LogP contribution in [0.3, 0.4) is 0 Å². The van der Waals surface area contributed by atoms with E-state index in [1.165, 1.54) is 5.56 Å². The summed E-state index contributed by atoms with van der Waals surface area (Å²) in [5, 5.41) is 0. The maximum Gasteiger partial charge on any atom is 0.0850 e. The molecule has 3 nitrogen and oxygen atoms in total. The second-order valence-electron chi connectivity index (χ2n) is 6.55. The third kappa shape index (κ3) is 12.6. The summed E-state index contributed by atoms with van der Waals surface area (Å²) in [7, 11) is 0. The van der Waals surface area contributed by atoms with Gasteiger partial charge in [-0.05, 0) is 37.5 Å². The van der Waals surface area contributed by atoms with Gasteiger partial charge in [-0.3, -0.25) is 36.4 Å². The minimum Gasteiger partial charge on any atom is -0.358 e. The molecule has 1 aromatic heterocycles. The molecule has 0 spiro atoms. The van der Waals surface area contributed by atoms with Crippen LogP contribution in [-0.4, -0.2) is 16.4 Å². The van der Waals surface area contributed by atoms with E-state index in [1.54, 1.807) is 0 Å². The van der Waals surface area contributed by atoms with Crippen LogP contribution in [0.2, 0.25) is 0 Å². The molecule has 0 saturated carbocycles. The molecule has 7 heteroatoms. The van der Waals surface area contributed by atoms with Crippen molar-refractivity contribution in [2.24, 2.45) is 9.98 Å². The molecule has 0 aliphatic carbocycles. The SMILES string of the molecule is CC(=Nc1[c-]ccc[c-]1)c1cc(C(C)C)cc(C(C)=Nc2[c-]ccc[c-]2)n1.[CH3-].[Pr].[Pr].[Pr].[Pr]. The maximum absolute atomic E-state index is 4.79. The van der Waals surface area contributed by atoms with Gasteiger partial charge < -0.3 is 41.7 Å². The van der Waals surface area contributed by atoms with Crippen LogP contribution < -0.4 is 0 Å². The first kappa shape index (κ1) is 38.9. The Hall–Kier alpha value is 2.38. The van der Waals surface area contributed by atoms with Gasteiger partial charge in [-0.25, -0.2) is 4.98 Å². The van der Waals surface area contributed by atoms with Crippen LogP contribution in [0.5, 0.6) is 0 Å². The average Bonchev–Trinajstić information content (AvgIpc) is 2.69. The van der Waals surface area contributed by atoms with Gasteiger partial charge >= 0.3 is 0 Å². The van der Waals surface area contributed by atoms with Crippen LogP contribution in [0.15, 0.2) is 58.5 Å². The molecule has 0 atom stereocenters. The Morgan fingerprint density at radius 3 is 1.38 bits per heavy atom. The monoisotopic (exact) mass is 930 g/mol. The molecule has 3 rings (SSSR count). The summed E-state index contributed by atoms with van der Waals surface area (Å²) in [6.07, 6.45) is 0. The van der Waals surface area contributed by atoms with E-state index in [1.807, 2.05) is 50.2 Å². The van der Waals surface area contributed by atoms with E-state index in [0.717, 1.165) is 22.8 Å². The Morgan fingerprint density at radius 1 is 0.719 bits per heavy atom. The average molecular weight is 930 g/mol. The first-order valence-electron chi connectivity index (χ1n) is 8.93. The number of hydrogen-bond acceptors (Lipinski definition) is 3. The molecule has 0 bridgehead atoms. The number of hydrogen-bond donors (Lipinski definition) is 0. The molecule has 156 valence electrons. The summed E-state index contributed by atoms with van der Waals surface area (Å²) in [4.78, 5) is 14.0. The number of para-hydroxylation sites is 2. The van der Waals surface area contributed by atoms with E-state index in [-0.39, 0.29) is 173 Å².